The number of amides is 1. The maximum atomic E-state index is 12.1. The molecule has 7 heteroatoms. The van der Waals surface area contributed by atoms with Crippen molar-refractivity contribution < 1.29 is 14.3 Å². The summed E-state index contributed by atoms with van der Waals surface area (Å²) in [7, 11) is 1.61. The lowest BCUT2D eigenvalue weighted by atomic mass is 10.2. The first-order chi connectivity index (χ1) is 10.7. The second-order valence-electron chi connectivity index (χ2n) is 4.71. The molecule has 2 aromatic rings. The standard InChI is InChI=1S/C15H20N4O3/c1-12(19-7-6-16-11-19)14(20)18-10-13-4-3-5-17-15(13)22-9-8-21-2/h3-7,11-12H,8-10H2,1-2H3,(H,18,20). The molecule has 0 aliphatic rings. The van der Waals surface area contributed by atoms with Crippen LogP contribution in [0.3, 0.4) is 0 Å². The summed E-state index contributed by atoms with van der Waals surface area (Å²) in [5.41, 5.74) is 0.824. The number of nitrogens with zero attached hydrogens (tertiary/aromatic N) is 3. The summed E-state index contributed by atoms with van der Waals surface area (Å²) >= 11 is 0. The van der Waals surface area contributed by atoms with Crippen LogP contribution in [0.1, 0.15) is 18.5 Å². The van der Waals surface area contributed by atoms with Crippen molar-refractivity contribution in [2.45, 2.75) is 19.5 Å². The molecular formula is C15H20N4O3. The topological polar surface area (TPSA) is 78.3 Å². The minimum absolute atomic E-state index is 0.0929. The molecule has 1 amide bonds. The molecule has 2 aromatic heterocycles. The average molecular weight is 304 g/mol. The van der Waals surface area contributed by atoms with Crippen molar-refractivity contribution in [1.29, 1.82) is 0 Å². The summed E-state index contributed by atoms with van der Waals surface area (Å²) in [6.45, 7) is 3.07. The van der Waals surface area contributed by atoms with E-state index in [1.165, 1.54) is 0 Å². The molecule has 0 aliphatic heterocycles. The Labute approximate surface area is 129 Å². The number of hydrogen-bond donors (Lipinski definition) is 1. The number of methoxy groups -OCH3 is 1. The minimum Gasteiger partial charge on any atom is -0.475 e. The van der Waals surface area contributed by atoms with Gasteiger partial charge < -0.3 is 19.4 Å². The van der Waals surface area contributed by atoms with Crippen molar-refractivity contribution >= 4 is 5.91 Å². The molecule has 22 heavy (non-hydrogen) atoms. The number of hydrogen-bond acceptors (Lipinski definition) is 5. The van der Waals surface area contributed by atoms with Gasteiger partial charge in [-0.25, -0.2) is 9.97 Å². The van der Waals surface area contributed by atoms with Crippen LogP contribution in [0.5, 0.6) is 5.88 Å². The lowest BCUT2D eigenvalue weighted by Gasteiger charge is -2.14. The molecule has 0 radical (unpaired) electrons. The third kappa shape index (κ3) is 4.29. The monoisotopic (exact) mass is 304 g/mol. The quantitative estimate of drug-likeness (QED) is 0.741. The first-order valence-electron chi connectivity index (χ1n) is 7.03. The van der Waals surface area contributed by atoms with Gasteiger partial charge in [-0.1, -0.05) is 6.07 Å². The lowest BCUT2D eigenvalue weighted by Crippen LogP contribution is -2.30. The third-order valence-electron chi connectivity index (χ3n) is 3.18. The number of imidazole rings is 1. The maximum Gasteiger partial charge on any atom is 0.243 e. The van der Waals surface area contributed by atoms with Crippen LogP contribution in [0.2, 0.25) is 0 Å². The van der Waals surface area contributed by atoms with Crippen molar-refractivity contribution in [2.24, 2.45) is 0 Å². The molecule has 0 bridgehead atoms. The number of nitrogens with one attached hydrogen (secondary N) is 1. The minimum atomic E-state index is -0.322. The highest BCUT2D eigenvalue weighted by Crippen LogP contribution is 2.14. The van der Waals surface area contributed by atoms with E-state index in [0.717, 1.165) is 5.56 Å². The molecule has 0 aromatic carbocycles. The molecule has 2 rings (SSSR count). The van der Waals surface area contributed by atoms with E-state index < -0.39 is 0 Å². The van der Waals surface area contributed by atoms with Crippen LogP contribution in [0.15, 0.2) is 37.1 Å². The van der Waals surface area contributed by atoms with Gasteiger partial charge in [0, 0.05) is 37.8 Å². The Hall–Kier alpha value is -2.41. The Bertz CT molecular complexity index is 586. The zero-order valence-electron chi connectivity index (χ0n) is 12.7. The molecule has 0 aliphatic carbocycles. The fourth-order valence-electron chi connectivity index (χ4n) is 1.87. The molecule has 0 saturated heterocycles. The van der Waals surface area contributed by atoms with Gasteiger partial charge in [0.1, 0.15) is 12.6 Å². The van der Waals surface area contributed by atoms with Gasteiger partial charge in [0.05, 0.1) is 12.9 Å². The van der Waals surface area contributed by atoms with Crippen molar-refractivity contribution in [1.82, 2.24) is 19.9 Å². The van der Waals surface area contributed by atoms with Crippen molar-refractivity contribution in [3.8, 4) is 5.88 Å². The Balaban J connectivity index is 1.92. The van der Waals surface area contributed by atoms with E-state index in [2.05, 4.69) is 15.3 Å². The highest BCUT2D eigenvalue weighted by Gasteiger charge is 2.14. The molecule has 2 heterocycles. The van der Waals surface area contributed by atoms with Crippen LogP contribution in [0.25, 0.3) is 0 Å². The van der Waals surface area contributed by atoms with E-state index >= 15 is 0 Å². The van der Waals surface area contributed by atoms with E-state index in [9.17, 15) is 4.79 Å². The Kier molecular flexibility index (Phi) is 5.91. The molecule has 1 atom stereocenters. The lowest BCUT2D eigenvalue weighted by molar-refractivity contribution is -0.124. The van der Waals surface area contributed by atoms with E-state index in [1.807, 2.05) is 19.1 Å². The molecule has 1 unspecified atom stereocenters. The number of aromatic nitrogens is 3. The predicted octanol–water partition coefficient (Wildman–Crippen LogP) is 1.18. The normalized spacial score (nSPS) is 11.9. The van der Waals surface area contributed by atoms with Crippen LogP contribution in [0, 0.1) is 0 Å². The van der Waals surface area contributed by atoms with Gasteiger partial charge in [0.25, 0.3) is 0 Å². The van der Waals surface area contributed by atoms with Crippen LogP contribution >= 0.6 is 0 Å². The largest absolute Gasteiger partial charge is 0.475 e. The van der Waals surface area contributed by atoms with Gasteiger partial charge in [0.15, 0.2) is 0 Å². The summed E-state index contributed by atoms with van der Waals surface area (Å²) in [5, 5.41) is 2.88. The van der Waals surface area contributed by atoms with Gasteiger partial charge >= 0.3 is 0 Å². The number of carbonyl (C=O) groups is 1. The first kappa shape index (κ1) is 16.0. The summed E-state index contributed by atoms with van der Waals surface area (Å²) in [6.07, 6.45) is 6.68. The number of rotatable bonds is 8. The molecule has 118 valence electrons. The fourth-order valence-corrected chi connectivity index (χ4v) is 1.87. The second kappa shape index (κ2) is 8.14. The molecule has 1 N–H and O–H groups in total. The summed E-state index contributed by atoms with van der Waals surface area (Å²) in [5.74, 6) is 0.417. The van der Waals surface area contributed by atoms with Crippen LogP contribution in [0.4, 0.5) is 0 Å². The molecule has 0 spiro atoms. The van der Waals surface area contributed by atoms with E-state index in [0.29, 0.717) is 25.6 Å². The van der Waals surface area contributed by atoms with E-state index in [-0.39, 0.29) is 11.9 Å². The maximum absolute atomic E-state index is 12.1. The summed E-state index contributed by atoms with van der Waals surface area (Å²) < 4.78 is 12.2. The van der Waals surface area contributed by atoms with Crippen molar-refractivity contribution in [2.75, 3.05) is 20.3 Å². The smallest absolute Gasteiger partial charge is 0.243 e. The van der Waals surface area contributed by atoms with Crippen LogP contribution in [-0.2, 0) is 16.1 Å². The van der Waals surface area contributed by atoms with Gasteiger partial charge in [-0.3, -0.25) is 4.79 Å². The Morgan fingerprint density at radius 2 is 2.27 bits per heavy atom. The molecular weight excluding hydrogens is 284 g/mol. The number of pyridine rings is 1. The van der Waals surface area contributed by atoms with E-state index in [1.54, 1.807) is 36.6 Å². The zero-order chi connectivity index (χ0) is 15.8. The van der Waals surface area contributed by atoms with Crippen LogP contribution in [-0.4, -0.2) is 40.8 Å². The zero-order valence-corrected chi connectivity index (χ0v) is 12.7. The van der Waals surface area contributed by atoms with E-state index in [4.69, 9.17) is 9.47 Å². The number of carbonyl (C=O) groups excluding carboxylic acids is 1. The molecule has 0 saturated carbocycles. The van der Waals surface area contributed by atoms with Gasteiger partial charge in [-0.2, -0.15) is 0 Å². The fraction of sp³-hybridized carbons (Fsp3) is 0.400. The average Bonchev–Trinajstić information content (AvgIpc) is 3.07. The van der Waals surface area contributed by atoms with Gasteiger partial charge in [-0.05, 0) is 13.0 Å². The van der Waals surface area contributed by atoms with Crippen LogP contribution < -0.4 is 10.1 Å². The highest BCUT2D eigenvalue weighted by atomic mass is 16.5. The highest BCUT2D eigenvalue weighted by molar-refractivity contribution is 5.79. The summed E-state index contributed by atoms with van der Waals surface area (Å²) in [6, 6.07) is 3.36. The van der Waals surface area contributed by atoms with Gasteiger partial charge in [-0.15, -0.1) is 0 Å². The van der Waals surface area contributed by atoms with Gasteiger partial charge in [0.2, 0.25) is 11.8 Å². The third-order valence-corrected chi connectivity index (χ3v) is 3.18. The Morgan fingerprint density at radius 1 is 1.41 bits per heavy atom. The molecule has 7 nitrogen and oxygen atoms in total. The Morgan fingerprint density at radius 3 is 3.00 bits per heavy atom. The first-order valence-corrected chi connectivity index (χ1v) is 7.03. The SMILES string of the molecule is COCCOc1ncccc1CNC(=O)C(C)n1ccnc1. The van der Waals surface area contributed by atoms with Crippen molar-refractivity contribution in [3.05, 3.63) is 42.6 Å². The number of ether oxygens (including phenoxy) is 2. The summed E-state index contributed by atoms with van der Waals surface area (Å²) in [4.78, 5) is 20.3. The van der Waals surface area contributed by atoms with Crippen molar-refractivity contribution in [3.63, 3.8) is 0 Å². The predicted molar refractivity (Wildman–Crippen MR) is 80.4 cm³/mol. The molecule has 0 fully saturated rings. The second-order valence-corrected chi connectivity index (χ2v) is 4.71.